The molecule has 0 spiro atoms. The Morgan fingerprint density at radius 2 is 2.27 bits per heavy atom. The van der Waals surface area contributed by atoms with Crippen LogP contribution in [-0.4, -0.2) is 23.8 Å². The zero-order valence-corrected chi connectivity index (χ0v) is 15.7. The lowest BCUT2D eigenvalue weighted by atomic mass is 9.87. The second-order valence-corrected chi connectivity index (χ2v) is 7.41. The molecule has 1 aromatic carbocycles. The lowest BCUT2D eigenvalue weighted by Gasteiger charge is -2.21. The number of carbonyl (C=O) groups excluding carboxylic acids is 1. The summed E-state index contributed by atoms with van der Waals surface area (Å²) in [4.78, 5) is 17.0. The molecular weight excluding hydrogens is 346 g/mol. The van der Waals surface area contributed by atoms with Gasteiger partial charge in [-0.15, -0.1) is 0 Å². The highest BCUT2D eigenvalue weighted by molar-refractivity contribution is 8.00. The number of amides is 1. The van der Waals surface area contributed by atoms with Crippen LogP contribution in [0.3, 0.4) is 0 Å². The molecule has 1 atom stereocenters. The predicted molar refractivity (Wildman–Crippen MR) is 102 cm³/mol. The lowest BCUT2D eigenvalue weighted by Crippen LogP contribution is -2.16. The van der Waals surface area contributed by atoms with Crippen molar-refractivity contribution < 1.29 is 9.53 Å². The minimum Gasteiger partial charge on any atom is -0.495 e. The number of hydrogen-bond acceptors (Lipinski definition) is 5. The van der Waals surface area contributed by atoms with Gasteiger partial charge in [-0.25, -0.2) is 4.98 Å². The van der Waals surface area contributed by atoms with Crippen molar-refractivity contribution in [2.24, 2.45) is 5.92 Å². The summed E-state index contributed by atoms with van der Waals surface area (Å²) in [5.41, 5.74) is 3.42. The number of hydrogen-bond donors (Lipinski definition) is 1. The summed E-state index contributed by atoms with van der Waals surface area (Å²) >= 11 is 1.30. The molecule has 6 heteroatoms. The van der Waals surface area contributed by atoms with E-state index in [2.05, 4.69) is 23.3 Å². The summed E-state index contributed by atoms with van der Waals surface area (Å²) in [7, 11) is 1.57. The molecule has 5 nitrogen and oxygen atoms in total. The van der Waals surface area contributed by atoms with Gasteiger partial charge in [-0.1, -0.05) is 30.8 Å². The van der Waals surface area contributed by atoms with E-state index in [4.69, 9.17) is 4.74 Å². The van der Waals surface area contributed by atoms with Crippen LogP contribution in [0.4, 0.5) is 5.69 Å². The summed E-state index contributed by atoms with van der Waals surface area (Å²) in [6, 6.07) is 11.4. The Morgan fingerprint density at radius 3 is 3.04 bits per heavy atom. The van der Waals surface area contributed by atoms with E-state index in [1.165, 1.54) is 17.3 Å². The molecule has 0 saturated heterocycles. The lowest BCUT2D eigenvalue weighted by molar-refractivity contribution is -0.113. The normalized spacial score (nSPS) is 15.7. The fraction of sp³-hybridized carbons (Fsp3) is 0.350. The number of nitrogens with zero attached hydrogens (tertiary/aromatic N) is 2. The van der Waals surface area contributed by atoms with Crippen molar-refractivity contribution >= 4 is 23.4 Å². The van der Waals surface area contributed by atoms with Crippen LogP contribution in [0.25, 0.3) is 0 Å². The highest BCUT2D eigenvalue weighted by atomic mass is 32.2. The molecule has 1 N–H and O–H groups in total. The van der Waals surface area contributed by atoms with Crippen LogP contribution in [0, 0.1) is 17.2 Å². The number of para-hydroxylation sites is 2. The van der Waals surface area contributed by atoms with E-state index in [-0.39, 0.29) is 11.7 Å². The maximum Gasteiger partial charge on any atom is 0.234 e. The van der Waals surface area contributed by atoms with Crippen LogP contribution < -0.4 is 10.1 Å². The van der Waals surface area contributed by atoms with Crippen LogP contribution in [0.1, 0.15) is 30.2 Å². The molecule has 0 saturated carbocycles. The molecule has 2 aromatic rings. The number of carbonyl (C=O) groups is 1. The molecule has 0 bridgehead atoms. The summed E-state index contributed by atoms with van der Waals surface area (Å²) in [6.45, 7) is 2.22. The molecule has 1 aliphatic carbocycles. The van der Waals surface area contributed by atoms with Gasteiger partial charge < -0.3 is 10.1 Å². The Kier molecular flexibility index (Phi) is 5.79. The number of nitrogens with one attached hydrogen (secondary N) is 1. The van der Waals surface area contributed by atoms with Gasteiger partial charge in [0.2, 0.25) is 5.91 Å². The third kappa shape index (κ3) is 4.17. The molecule has 0 fully saturated rings. The van der Waals surface area contributed by atoms with Gasteiger partial charge >= 0.3 is 0 Å². The third-order valence-corrected chi connectivity index (χ3v) is 5.43. The molecule has 0 aliphatic heterocycles. The second-order valence-electron chi connectivity index (χ2n) is 6.44. The van der Waals surface area contributed by atoms with E-state index in [9.17, 15) is 10.1 Å². The van der Waals surface area contributed by atoms with Crippen molar-refractivity contribution in [2.45, 2.75) is 31.2 Å². The van der Waals surface area contributed by atoms with E-state index < -0.39 is 0 Å². The van der Waals surface area contributed by atoms with E-state index in [1.54, 1.807) is 19.2 Å². The Morgan fingerprint density at radius 1 is 1.46 bits per heavy atom. The number of aromatic nitrogens is 1. The smallest absolute Gasteiger partial charge is 0.234 e. The molecule has 1 heterocycles. The van der Waals surface area contributed by atoms with Gasteiger partial charge in [0, 0.05) is 5.69 Å². The van der Waals surface area contributed by atoms with Gasteiger partial charge in [0.15, 0.2) is 0 Å². The molecule has 0 radical (unpaired) electrons. The second kappa shape index (κ2) is 8.24. The Labute approximate surface area is 157 Å². The van der Waals surface area contributed by atoms with E-state index in [0.29, 0.717) is 27.9 Å². The maximum atomic E-state index is 12.3. The SMILES string of the molecule is COc1ccccc1NC(=O)CSc1nc2c(cc1C#N)CC(C)CC2. The van der Waals surface area contributed by atoms with Crippen molar-refractivity contribution in [3.05, 3.63) is 47.2 Å². The zero-order chi connectivity index (χ0) is 18.5. The van der Waals surface area contributed by atoms with Gasteiger partial charge in [0.05, 0.1) is 24.1 Å². The van der Waals surface area contributed by atoms with E-state index >= 15 is 0 Å². The Balaban J connectivity index is 1.69. The molecule has 134 valence electrons. The average molecular weight is 367 g/mol. The largest absolute Gasteiger partial charge is 0.495 e. The number of nitriles is 1. The summed E-state index contributed by atoms with van der Waals surface area (Å²) < 4.78 is 5.24. The van der Waals surface area contributed by atoms with Gasteiger partial charge in [0.1, 0.15) is 16.8 Å². The van der Waals surface area contributed by atoms with Crippen molar-refractivity contribution in [3.63, 3.8) is 0 Å². The van der Waals surface area contributed by atoms with Gasteiger partial charge in [-0.3, -0.25) is 4.79 Å². The zero-order valence-electron chi connectivity index (χ0n) is 14.9. The molecular formula is C20H21N3O2S. The van der Waals surface area contributed by atoms with Crippen LogP contribution in [0.15, 0.2) is 35.4 Å². The Bertz CT molecular complexity index is 861. The molecule has 3 rings (SSSR count). The minimum absolute atomic E-state index is 0.156. The summed E-state index contributed by atoms with van der Waals surface area (Å²) in [5, 5.41) is 12.9. The highest BCUT2D eigenvalue weighted by Crippen LogP contribution is 2.30. The van der Waals surface area contributed by atoms with Crippen LogP contribution in [0.2, 0.25) is 0 Å². The molecule has 1 aliphatic rings. The van der Waals surface area contributed by atoms with Crippen LogP contribution in [0.5, 0.6) is 5.75 Å². The number of rotatable bonds is 5. The van der Waals surface area contributed by atoms with E-state index in [1.807, 2.05) is 18.2 Å². The number of methoxy groups -OCH3 is 1. The molecule has 1 amide bonds. The topological polar surface area (TPSA) is 75.0 Å². The number of benzene rings is 1. The maximum absolute atomic E-state index is 12.3. The average Bonchev–Trinajstić information content (AvgIpc) is 2.66. The predicted octanol–water partition coefficient (Wildman–Crippen LogP) is 3.82. The number of aryl methyl sites for hydroxylation is 1. The standard InChI is InChI=1S/C20H21N3O2S/c1-13-7-8-16-14(9-13)10-15(11-21)20(23-16)26-12-19(24)22-17-5-3-4-6-18(17)25-2/h3-6,10,13H,7-9,12H2,1-2H3,(H,22,24). The first kappa shape index (κ1) is 18.3. The first-order valence-corrected chi connectivity index (χ1v) is 9.57. The first-order valence-electron chi connectivity index (χ1n) is 8.59. The number of thioether (sulfide) groups is 1. The van der Waals surface area contributed by atoms with Crippen molar-refractivity contribution in [3.8, 4) is 11.8 Å². The first-order chi connectivity index (χ1) is 12.6. The monoisotopic (exact) mass is 367 g/mol. The number of fused-ring (bicyclic) bond motifs is 1. The number of ether oxygens (including phenoxy) is 1. The molecule has 26 heavy (non-hydrogen) atoms. The fourth-order valence-corrected chi connectivity index (χ4v) is 3.86. The molecule has 1 aromatic heterocycles. The van der Waals surface area contributed by atoms with Crippen molar-refractivity contribution in [1.29, 1.82) is 5.26 Å². The van der Waals surface area contributed by atoms with Gasteiger partial charge in [-0.2, -0.15) is 5.26 Å². The minimum atomic E-state index is -0.156. The highest BCUT2D eigenvalue weighted by Gasteiger charge is 2.20. The summed E-state index contributed by atoms with van der Waals surface area (Å²) in [5.74, 6) is 1.27. The van der Waals surface area contributed by atoms with Crippen molar-refractivity contribution in [1.82, 2.24) is 4.98 Å². The third-order valence-electron chi connectivity index (χ3n) is 4.44. The van der Waals surface area contributed by atoms with Crippen LogP contribution in [-0.2, 0) is 17.6 Å². The van der Waals surface area contributed by atoms with Gasteiger partial charge in [-0.05, 0) is 48.9 Å². The summed E-state index contributed by atoms with van der Waals surface area (Å²) in [6.07, 6.45) is 3.02. The number of pyridine rings is 1. The fourth-order valence-electron chi connectivity index (χ4n) is 3.09. The Hall–Kier alpha value is -2.52. The number of anilines is 1. The van der Waals surface area contributed by atoms with Gasteiger partial charge in [0.25, 0.3) is 0 Å². The quantitative estimate of drug-likeness (QED) is 0.813. The van der Waals surface area contributed by atoms with Crippen LogP contribution >= 0.6 is 11.8 Å². The van der Waals surface area contributed by atoms with E-state index in [0.717, 1.165) is 25.0 Å². The van der Waals surface area contributed by atoms with Crippen molar-refractivity contribution in [2.75, 3.05) is 18.2 Å². The molecule has 1 unspecified atom stereocenters.